The smallest absolute Gasteiger partial charge is 0.119 e. The summed E-state index contributed by atoms with van der Waals surface area (Å²) in [5.41, 5.74) is 20.0. The number of hydrogen-bond acceptors (Lipinski definition) is 7. The van der Waals surface area contributed by atoms with Crippen LogP contribution in [0.15, 0.2) is 200 Å². The molecule has 7 nitrogen and oxygen atoms in total. The molecule has 9 aromatic carbocycles. The number of anilines is 12. The maximum Gasteiger partial charge on any atom is 0.119 e. The molecule has 0 fully saturated rings. The molecule has 0 spiro atoms. The number of aryl methyl sites for hydroxylation is 6. The topological polar surface area (TPSA) is 40.7 Å². The molecule has 0 aliphatic rings. The van der Waals surface area contributed by atoms with Gasteiger partial charge in [-0.15, -0.1) is 0 Å². The minimum atomic E-state index is 0.814. The normalized spacial score (nSPS) is 10.9. The molecular weight excluding hydrogens is 861 g/mol. The molecule has 0 saturated heterocycles. The Bertz CT molecular complexity index is 2860. The lowest BCUT2D eigenvalue weighted by atomic mass is 10.1. The first-order valence-corrected chi connectivity index (χ1v) is 23.7. The van der Waals surface area contributed by atoms with Gasteiger partial charge >= 0.3 is 0 Å². The van der Waals surface area contributed by atoms with Crippen molar-refractivity contribution in [3.63, 3.8) is 0 Å². The summed E-state index contributed by atoms with van der Waals surface area (Å²) < 4.78 is 16.6. The van der Waals surface area contributed by atoms with E-state index in [0.29, 0.717) is 0 Å². The van der Waals surface area contributed by atoms with Gasteiger partial charge in [0.05, 0.1) is 21.3 Å². The number of nitrogens with zero attached hydrogens (tertiary/aromatic N) is 4. The van der Waals surface area contributed by atoms with Gasteiger partial charge in [-0.05, 0) is 257 Å². The summed E-state index contributed by atoms with van der Waals surface area (Å²) in [4.78, 5) is 9.21. The first kappa shape index (κ1) is 46.7. The third kappa shape index (κ3) is 9.78. The Morgan fingerprint density at radius 2 is 0.357 bits per heavy atom. The molecule has 0 radical (unpaired) electrons. The van der Waals surface area contributed by atoms with Crippen LogP contribution in [0.3, 0.4) is 0 Å². The fourth-order valence-electron chi connectivity index (χ4n) is 8.83. The van der Waals surface area contributed by atoms with E-state index in [0.717, 1.165) is 85.5 Å². The molecule has 0 amide bonds. The van der Waals surface area contributed by atoms with Gasteiger partial charge in [-0.2, -0.15) is 0 Å². The van der Waals surface area contributed by atoms with E-state index in [2.05, 4.69) is 225 Å². The van der Waals surface area contributed by atoms with Gasteiger partial charge < -0.3 is 33.8 Å². The van der Waals surface area contributed by atoms with Crippen molar-refractivity contribution in [1.29, 1.82) is 0 Å². The maximum atomic E-state index is 5.55. The van der Waals surface area contributed by atoms with Gasteiger partial charge in [0.1, 0.15) is 17.2 Å². The van der Waals surface area contributed by atoms with Crippen molar-refractivity contribution >= 4 is 68.2 Å². The minimum absolute atomic E-state index is 0.814. The minimum Gasteiger partial charge on any atom is -0.497 e. The van der Waals surface area contributed by atoms with E-state index in [1.807, 2.05) is 36.4 Å². The molecule has 0 aliphatic carbocycles. The Morgan fingerprint density at radius 1 is 0.200 bits per heavy atom. The van der Waals surface area contributed by atoms with Crippen LogP contribution in [0, 0.1) is 41.5 Å². The molecular formula is C63H60N4O3. The molecule has 350 valence electrons. The highest BCUT2D eigenvalue weighted by molar-refractivity contribution is 5.85. The number of benzene rings is 9. The molecule has 9 rings (SSSR count). The predicted octanol–water partition coefficient (Wildman–Crippen LogP) is 17.4. The van der Waals surface area contributed by atoms with Crippen molar-refractivity contribution in [2.75, 3.05) is 40.9 Å². The summed E-state index contributed by atoms with van der Waals surface area (Å²) in [6.07, 6.45) is 0. The molecule has 0 aliphatic heterocycles. The lowest BCUT2D eigenvalue weighted by Gasteiger charge is -2.30. The van der Waals surface area contributed by atoms with Crippen LogP contribution in [-0.2, 0) is 0 Å². The van der Waals surface area contributed by atoms with Crippen LogP contribution < -0.4 is 33.8 Å². The van der Waals surface area contributed by atoms with Crippen LogP contribution >= 0.6 is 0 Å². The van der Waals surface area contributed by atoms with Crippen LogP contribution in [0.2, 0.25) is 0 Å². The van der Waals surface area contributed by atoms with Crippen molar-refractivity contribution in [3.8, 4) is 17.2 Å². The van der Waals surface area contributed by atoms with Crippen LogP contribution in [0.1, 0.15) is 33.4 Å². The first-order valence-electron chi connectivity index (χ1n) is 23.7. The SMILES string of the molecule is COc1ccc(N(c2ccc(N(c3ccc(N(c4ccc(OC)cc4)c4ccc(C)c(C)c4)cc3)c3ccc(N(c4ccc(OC)cc4)c4ccc(C)c(C)c4)cc3)cc2)c2ccc(C)c(C)c2)cc1. The van der Waals surface area contributed by atoms with Crippen molar-refractivity contribution in [2.45, 2.75) is 41.5 Å². The molecule has 0 N–H and O–H groups in total. The van der Waals surface area contributed by atoms with Crippen LogP contribution in [0.25, 0.3) is 0 Å². The quantitative estimate of drug-likeness (QED) is 0.101. The summed E-state index contributed by atoms with van der Waals surface area (Å²) in [6.45, 7) is 13.0. The zero-order valence-electron chi connectivity index (χ0n) is 41.6. The summed E-state index contributed by atoms with van der Waals surface area (Å²) in [5, 5.41) is 0. The van der Waals surface area contributed by atoms with Gasteiger partial charge in [-0.3, -0.25) is 0 Å². The van der Waals surface area contributed by atoms with Crippen LogP contribution in [0.5, 0.6) is 17.2 Å². The molecule has 0 atom stereocenters. The Morgan fingerprint density at radius 3 is 0.529 bits per heavy atom. The molecule has 0 saturated carbocycles. The molecule has 0 aromatic heterocycles. The Labute approximate surface area is 414 Å². The highest BCUT2D eigenvalue weighted by atomic mass is 16.5. The first-order chi connectivity index (χ1) is 34.0. The average molecular weight is 921 g/mol. The summed E-state index contributed by atoms with van der Waals surface area (Å²) in [5.74, 6) is 2.44. The lowest BCUT2D eigenvalue weighted by Crippen LogP contribution is -2.14. The summed E-state index contributed by atoms with van der Waals surface area (Å²) >= 11 is 0. The summed E-state index contributed by atoms with van der Waals surface area (Å²) in [6, 6.07) is 71.2. The third-order valence-corrected chi connectivity index (χ3v) is 13.3. The van der Waals surface area contributed by atoms with Gasteiger partial charge in [-0.1, -0.05) is 18.2 Å². The highest BCUT2D eigenvalue weighted by Gasteiger charge is 2.21. The Balaban J connectivity index is 1.15. The van der Waals surface area contributed by atoms with E-state index in [1.165, 1.54) is 33.4 Å². The number of hydrogen-bond donors (Lipinski definition) is 0. The number of rotatable bonds is 15. The molecule has 0 bridgehead atoms. The fraction of sp³-hybridized carbons (Fsp3) is 0.143. The second-order valence-corrected chi connectivity index (χ2v) is 17.8. The van der Waals surface area contributed by atoms with E-state index in [4.69, 9.17) is 14.2 Å². The largest absolute Gasteiger partial charge is 0.497 e. The van der Waals surface area contributed by atoms with E-state index >= 15 is 0 Å². The highest BCUT2D eigenvalue weighted by Crippen LogP contribution is 2.44. The lowest BCUT2D eigenvalue weighted by molar-refractivity contribution is 0.414. The predicted molar refractivity (Wildman–Crippen MR) is 293 cm³/mol. The van der Waals surface area contributed by atoms with Gasteiger partial charge in [-0.25, -0.2) is 0 Å². The number of methoxy groups -OCH3 is 3. The van der Waals surface area contributed by atoms with E-state index < -0.39 is 0 Å². The molecule has 70 heavy (non-hydrogen) atoms. The fourth-order valence-corrected chi connectivity index (χ4v) is 8.83. The standard InChI is InChI=1S/C63H60N4O3/c1-43-10-13-58(40-46(43)4)65(55-28-34-61(68-7)35-29-55)52-22-16-49(17-23-52)64(50-18-24-53(25-19-50)66(56-30-36-62(69-8)37-31-56)59-14-11-44(2)47(5)41-59)51-20-26-54(27-21-51)67(57-32-38-63(70-9)39-33-57)60-15-12-45(3)48(6)42-60/h10-42H,1-9H3. The number of ether oxygens (including phenoxy) is 3. The van der Waals surface area contributed by atoms with Crippen molar-refractivity contribution < 1.29 is 14.2 Å². The van der Waals surface area contributed by atoms with E-state index in [-0.39, 0.29) is 0 Å². The monoisotopic (exact) mass is 920 g/mol. The third-order valence-electron chi connectivity index (χ3n) is 13.3. The van der Waals surface area contributed by atoms with Crippen molar-refractivity contribution in [1.82, 2.24) is 0 Å². The van der Waals surface area contributed by atoms with Crippen LogP contribution in [-0.4, -0.2) is 21.3 Å². The average Bonchev–Trinajstić information content (AvgIpc) is 3.39. The Hall–Kier alpha value is -8.42. The van der Waals surface area contributed by atoms with Crippen molar-refractivity contribution in [2.24, 2.45) is 0 Å². The molecule has 0 unspecified atom stereocenters. The molecule has 0 heterocycles. The second kappa shape index (κ2) is 20.4. The maximum absolute atomic E-state index is 5.55. The van der Waals surface area contributed by atoms with Crippen LogP contribution in [0.4, 0.5) is 68.2 Å². The zero-order valence-corrected chi connectivity index (χ0v) is 41.6. The van der Waals surface area contributed by atoms with Gasteiger partial charge in [0, 0.05) is 68.2 Å². The Kier molecular flexibility index (Phi) is 13.6. The zero-order chi connectivity index (χ0) is 48.9. The molecule has 7 heteroatoms. The van der Waals surface area contributed by atoms with Crippen molar-refractivity contribution in [3.05, 3.63) is 234 Å². The second-order valence-electron chi connectivity index (χ2n) is 17.8. The van der Waals surface area contributed by atoms with Gasteiger partial charge in [0.2, 0.25) is 0 Å². The molecule has 9 aromatic rings. The van der Waals surface area contributed by atoms with Gasteiger partial charge in [0.15, 0.2) is 0 Å². The van der Waals surface area contributed by atoms with E-state index in [9.17, 15) is 0 Å². The summed E-state index contributed by atoms with van der Waals surface area (Å²) in [7, 11) is 5.10. The van der Waals surface area contributed by atoms with Gasteiger partial charge in [0.25, 0.3) is 0 Å². The van der Waals surface area contributed by atoms with E-state index in [1.54, 1.807) is 21.3 Å².